The summed E-state index contributed by atoms with van der Waals surface area (Å²) in [5.74, 6) is 0. The number of benzene rings is 9. The molecule has 0 bridgehead atoms. The molecular formula is C54H37N. The first kappa shape index (κ1) is 30.7. The lowest BCUT2D eigenvalue weighted by Crippen LogP contribution is -2.26. The molecule has 0 atom stereocenters. The van der Waals surface area contributed by atoms with E-state index in [0.29, 0.717) is 0 Å². The molecule has 0 saturated carbocycles. The molecule has 0 aromatic heterocycles. The van der Waals surface area contributed by atoms with Crippen LogP contribution in [0.5, 0.6) is 0 Å². The second-order valence-electron chi connectivity index (χ2n) is 16.1. The normalized spacial score (nSPS) is 14.7. The number of nitrogens with zero attached hydrogens (tertiary/aromatic N) is 1. The summed E-state index contributed by atoms with van der Waals surface area (Å²) in [4.78, 5) is 2.45. The highest BCUT2D eigenvalue weighted by Crippen LogP contribution is 2.63. The number of rotatable bonds is 3. The van der Waals surface area contributed by atoms with Crippen molar-refractivity contribution < 1.29 is 0 Å². The van der Waals surface area contributed by atoms with Crippen molar-refractivity contribution in [2.75, 3.05) is 4.90 Å². The van der Waals surface area contributed by atoms with Crippen LogP contribution in [0.15, 0.2) is 188 Å². The molecule has 0 N–H and O–H groups in total. The van der Waals surface area contributed by atoms with Crippen LogP contribution in [0.3, 0.4) is 0 Å². The van der Waals surface area contributed by atoms with E-state index in [2.05, 4.69) is 207 Å². The lowest BCUT2D eigenvalue weighted by molar-refractivity contribution is 0.662. The fraction of sp³-hybridized carbons (Fsp3) is 0.0741. The predicted molar refractivity (Wildman–Crippen MR) is 230 cm³/mol. The third kappa shape index (κ3) is 4.02. The van der Waals surface area contributed by atoms with Crippen LogP contribution in [-0.4, -0.2) is 0 Å². The third-order valence-electron chi connectivity index (χ3n) is 13.0. The van der Waals surface area contributed by atoms with Gasteiger partial charge in [-0.2, -0.15) is 0 Å². The fourth-order valence-corrected chi connectivity index (χ4v) is 10.5. The molecule has 1 nitrogen and oxygen atoms in total. The second-order valence-corrected chi connectivity index (χ2v) is 16.1. The van der Waals surface area contributed by atoms with E-state index in [1.165, 1.54) is 88.3 Å². The SMILES string of the molecule is CC1(C)c2cc3ccccc3cc2-c2cc3ccc(N(c4ccccc4)c4ccc5c(c4)C4(c6ccccc6-c6ccccc64)c4ccccc4-5)cc3cc21. The zero-order chi connectivity index (χ0) is 36.5. The van der Waals surface area contributed by atoms with Gasteiger partial charge in [-0.15, -0.1) is 0 Å². The number of fused-ring (bicyclic) bond motifs is 15. The van der Waals surface area contributed by atoms with Crippen LogP contribution in [0.1, 0.15) is 47.2 Å². The summed E-state index contributed by atoms with van der Waals surface area (Å²) >= 11 is 0. The van der Waals surface area contributed by atoms with Crippen molar-refractivity contribution in [3.8, 4) is 33.4 Å². The summed E-state index contributed by atoms with van der Waals surface area (Å²) in [6, 6.07) is 70.7. The summed E-state index contributed by atoms with van der Waals surface area (Å²) in [7, 11) is 0. The van der Waals surface area contributed by atoms with Crippen LogP contribution in [-0.2, 0) is 10.8 Å². The zero-order valence-electron chi connectivity index (χ0n) is 30.8. The number of anilines is 3. The van der Waals surface area contributed by atoms with Gasteiger partial charge < -0.3 is 4.90 Å². The maximum Gasteiger partial charge on any atom is 0.0726 e. The van der Waals surface area contributed by atoms with E-state index in [-0.39, 0.29) is 5.41 Å². The molecule has 0 fully saturated rings. The molecule has 0 heterocycles. The molecule has 1 heteroatoms. The molecule has 55 heavy (non-hydrogen) atoms. The van der Waals surface area contributed by atoms with Crippen LogP contribution in [0, 0.1) is 0 Å². The maximum absolute atomic E-state index is 2.48. The van der Waals surface area contributed by atoms with Gasteiger partial charge >= 0.3 is 0 Å². The summed E-state index contributed by atoms with van der Waals surface area (Å²) in [6.45, 7) is 4.77. The van der Waals surface area contributed by atoms with Crippen LogP contribution in [0.2, 0.25) is 0 Å². The van der Waals surface area contributed by atoms with Crippen molar-refractivity contribution in [3.05, 3.63) is 221 Å². The Morgan fingerprint density at radius 3 is 1.36 bits per heavy atom. The minimum atomic E-state index is -0.396. The molecule has 12 rings (SSSR count). The van der Waals surface area contributed by atoms with Crippen molar-refractivity contribution in [1.29, 1.82) is 0 Å². The predicted octanol–water partition coefficient (Wildman–Crippen LogP) is 14.1. The quantitative estimate of drug-likeness (QED) is 0.177. The van der Waals surface area contributed by atoms with Crippen molar-refractivity contribution in [2.24, 2.45) is 0 Å². The van der Waals surface area contributed by atoms with Crippen molar-refractivity contribution in [1.82, 2.24) is 0 Å². The van der Waals surface area contributed by atoms with Crippen LogP contribution in [0.4, 0.5) is 17.1 Å². The Labute approximate surface area is 321 Å². The molecule has 9 aromatic carbocycles. The molecule has 3 aliphatic rings. The number of hydrogen-bond acceptors (Lipinski definition) is 1. The standard InChI is InChI=1S/C54H37N/c1-53(2)50-31-35-15-7-6-14-34(35)29-45(50)46-30-36-24-25-39(28-37(36)32-51(46)53)55(38-16-4-3-5-17-38)40-26-27-44-43-20-10-13-23-49(43)54(52(44)33-40)47-21-11-8-18-41(47)42-19-9-12-22-48(42)54/h3-33H,1-2H3. The van der Waals surface area contributed by atoms with E-state index in [9.17, 15) is 0 Å². The Kier molecular flexibility index (Phi) is 6.11. The molecule has 0 radical (unpaired) electrons. The molecule has 0 unspecified atom stereocenters. The van der Waals surface area contributed by atoms with E-state index in [1.54, 1.807) is 0 Å². The Balaban J connectivity index is 1.06. The zero-order valence-corrected chi connectivity index (χ0v) is 30.8. The van der Waals surface area contributed by atoms with Crippen LogP contribution >= 0.6 is 0 Å². The van der Waals surface area contributed by atoms with Crippen LogP contribution in [0.25, 0.3) is 54.9 Å². The largest absolute Gasteiger partial charge is 0.310 e. The average molecular weight is 700 g/mol. The Morgan fingerprint density at radius 1 is 0.291 bits per heavy atom. The average Bonchev–Trinajstić information content (AvgIpc) is 3.78. The van der Waals surface area contributed by atoms with Gasteiger partial charge in [0.1, 0.15) is 0 Å². The highest BCUT2D eigenvalue weighted by atomic mass is 15.1. The lowest BCUT2D eigenvalue weighted by atomic mass is 9.70. The summed E-state index contributed by atoms with van der Waals surface area (Å²) in [5, 5.41) is 5.11. The van der Waals surface area contributed by atoms with Gasteiger partial charge in [0.2, 0.25) is 0 Å². The van der Waals surface area contributed by atoms with Crippen molar-refractivity contribution in [2.45, 2.75) is 24.7 Å². The fourth-order valence-electron chi connectivity index (χ4n) is 10.5. The first-order valence-corrected chi connectivity index (χ1v) is 19.4. The first-order chi connectivity index (χ1) is 27.0. The highest BCUT2D eigenvalue weighted by Gasteiger charge is 2.51. The minimum absolute atomic E-state index is 0.102. The van der Waals surface area contributed by atoms with Crippen molar-refractivity contribution >= 4 is 38.6 Å². The van der Waals surface area contributed by atoms with Gasteiger partial charge in [-0.3, -0.25) is 0 Å². The van der Waals surface area contributed by atoms with Gasteiger partial charge in [0, 0.05) is 22.5 Å². The Hall–Kier alpha value is -6.70. The van der Waals surface area contributed by atoms with E-state index in [1.807, 2.05) is 0 Å². The van der Waals surface area contributed by atoms with E-state index in [4.69, 9.17) is 0 Å². The Bertz CT molecular complexity index is 3010. The van der Waals surface area contributed by atoms with Crippen LogP contribution < -0.4 is 4.90 Å². The third-order valence-corrected chi connectivity index (χ3v) is 13.0. The molecule has 3 aliphatic carbocycles. The molecule has 0 amide bonds. The van der Waals surface area contributed by atoms with E-state index < -0.39 is 5.41 Å². The summed E-state index contributed by atoms with van der Waals surface area (Å²) in [5.41, 5.74) is 19.2. The summed E-state index contributed by atoms with van der Waals surface area (Å²) < 4.78 is 0. The lowest BCUT2D eigenvalue weighted by Gasteiger charge is -2.32. The summed E-state index contributed by atoms with van der Waals surface area (Å²) in [6.07, 6.45) is 0. The molecular weight excluding hydrogens is 663 g/mol. The van der Waals surface area contributed by atoms with Gasteiger partial charge in [-0.25, -0.2) is 0 Å². The monoisotopic (exact) mass is 699 g/mol. The maximum atomic E-state index is 2.48. The van der Waals surface area contributed by atoms with Gasteiger partial charge in [0.05, 0.1) is 5.41 Å². The van der Waals surface area contributed by atoms with Gasteiger partial charge in [-0.05, 0) is 149 Å². The van der Waals surface area contributed by atoms with E-state index in [0.717, 1.165) is 17.1 Å². The van der Waals surface area contributed by atoms with Crippen molar-refractivity contribution in [3.63, 3.8) is 0 Å². The van der Waals surface area contributed by atoms with Gasteiger partial charge in [-0.1, -0.05) is 141 Å². The van der Waals surface area contributed by atoms with Gasteiger partial charge in [0.15, 0.2) is 0 Å². The molecule has 0 aliphatic heterocycles. The smallest absolute Gasteiger partial charge is 0.0726 e. The number of hydrogen-bond donors (Lipinski definition) is 0. The molecule has 9 aromatic rings. The topological polar surface area (TPSA) is 3.24 Å². The number of para-hydroxylation sites is 1. The second kappa shape index (κ2) is 10.9. The Morgan fingerprint density at radius 2 is 0.745 bits per heavy atom. The first-order valence-electron chi connectivity index (χ1n) is 19.4. The highest BCUT2D eigenvalue weighted by molar-refractivity contribution is 6.00. The van der Waals surface area contributed by atoms with Gasteiger partial charge in [0.25, 0.3) is 0 Å². The molecule has 0 saturated heterocycles. The molecule has 1 spiro atoms. The minimum Gasteiger partial charge on any atom is -0.310 e. The molecule has 258 valence electrons. The van der Waals surface area contributed by atoms with E-state index >= 15 is 0 Å².